The molecule has 7 nitrogen and oxygen atoms in total. The van der Waals surface area contributed by atoms with Gasteiger partial charge >= 0.3 is 0 Å². The van der Waals surface area contributed by atoms with Crippen molar-refractivity contribution in [2.45, 2.75) is 24.8 Å². The first kappa shape index (κ1) is 20.5. The van der Waals surface area contributed by atoms with E-state index in [9.17, 15) is 13.2 Å². The van der Waals surface area contributed by atoms with Crippen molar-refractivity contribution >= 4 is 21.6 Å². The van der Waals surface area contributed by atoms with Gasteiger partial charge in [0.25, 0.3) is 5.91 Å². The first-order valence-corrected chi connectivity index (χ1v) is 11.7. The van der Waals surface area contributed by atoms with E-state index in [4.69, 9.17) is 9.47 Å². The van der Waals surface area contributed by atoms with Crippen LogP contribution in [0.1, 0.15) is 27.0 Å². The number of hydrogen-bond acceptors (Lipinski definition) is 5. The topological polar surface area (TPSA) is 84.9 Å². The van der Waals surface area contributed by atoms with Crippen molar-refractivity contribution in [3.63, 3.8) is 0 Å². The van der Waals surface area contributed by atoms with E-state index < -0.39 is 10.0 Å². The maximum absolute atomic E-state index is 13.1. The van der Waals surface area contributed by atoms with Gasteiger partial charge in [-0.1, -0.05) is 23.8 Å². The summed E-state index contributed by atoms with van der Waals surface area (Å²) < 4.78 is 38.3. The number of amides is 1. The Labute approximate surface area is 186 Å². The number of carbonyl (C=O) groups excluding carboxylic acids is 1. The van der Waals surface area contributed by atoms with Gasteiger partial charge in [0.1, 0.15) is 0 Å². The van der Waals surface area contributed by atoms with Crippen molar-refractivity contribution in [1.29, 1.82) is 0 Å². The molecule has 0 radical (unpaired) electrons. The van der Waals surface area contributed by atoms with Crippen LogP contribution in [0.3, 0.4) is 0 Å². The highest BCUT2D eigenvalue weighted by Gasteiger charge is 2.28. The summed E-state index contributed by atoms with van der Waals surface area (Å²) in [5.74, 6) is 0.883. The largest absolute Gasteiger partial charge is 0.454 e. The SMILES string of the molecule is Cc1ccc(S(=O)(=O)N2CCc3ccc(NC(=O)c4ccc5c(c4)OCO5)cc3C2)cc1. The van der Waals surface area contributed by atoms with Crippen molar-refractivity contribution < 1.29 is 22.7 Å². The second kappa shape index (κ2) is 7.96. The Balaban J connectivity index is 1.34. The van der Waals surface area contributed by atoms with Crippen LogP contribution in [-0.4, -0.2) is 32.0 Å². The molecule has 0 aromatic heterocycles. The monoisotopic (exact) mass is 450 g/mol. The number of rotatable bonds is 4. The third-order valence-electron chi connectivity index (χ3n) is 5.73. The second-order valence-electron chi connectivity index (χ2n) is 7.91. The maximum Gasteiger partial charge on any atom is 0.255 e. The van der Waals surface area contributed by atoms with E-state index in [2.05, 4.69) is 5.32 Å². The number of nitrogens with one attached hydrogen (secondary N) is 1. The van der Waals surface area contributed by atoms with Gasteiger partial charge in [0.05, 0.1) is 4.90 Å². The summed E-state index contributed by atoms with van der Waals surface area (Å²) in [4.78, 5) is 13.0. The number of nitrogens with zero attached hydrogens (tertiary/aromatic N) is 1. The molecule has 1 amide bonds. The van der Waals surface area contributed by atoms with Gasteiger partial charge < -0.3 is 14.8 Å². The number of ether oxygens (including phenoxy) is 2. The molecule has 2 aliphatic rings. The lowest BCUT2D eigenvalue weighted by atomic mass is 10.0. The number of fused-ring (bicyclic) bond motifs is 2. The first-order chi connectivity index (χ1) is 15.4. The highest BCUT2D eigenvalue weighted by molar-refractivity contribution is 7.89. The number of benzene rings is 3. The molecule has 32 heavy (non-hydrogen) atoms. The predicted octanol–water partition coefficient (Wildman–Crippen LogP) is 3.72. The van der Waals surface area contributed by atoms with Crippen LogP contribution >= 0.6 is 0 Å². The highest BCUT2D eigenvalue weighted by atomic mass is 32.2. The lowest BCUT2D eigenvalue weighted by Gasteiger charge is -2.28. The third-order valence-corrected chi connectivity index (χ3v) is 7.59. The van der Waals surface area contributed by atoms with Crippen LogP contribution in [0.25, 0.3) is 0 Å². The lowest BCUT2D eigenvalue weighted by molar-refractivity contribution is 0.102. The molecule has 8 heteroatoms. The summed E-state index contributed by atoms with van der Waals surface area (Å²) in [5, 5.41) is 2.89. The van der Waals surface area contributed by atoms with Crippen molar-refractivity contribution in [3.8, 4) is 11.5 Å². The van der Waals surface area contributed by atoms with Crippen LogP contribution < -0.4 is 14.8 Å². The quantitative estimate of drug-likeness (QED) is 0.655. The van der Waals surface area contributed by atoms with E-state index in [0.29, 0.717) is 40.6 Å². The fourth-order valence-electron chi connectivity index (χ4n) is 3.91. The minimum absolute atomic E-state index is 0.146. The minimum atomic E-state index is -3.59. The molecule has 2 heterocycles. The van der Waals surface area contributed by atoms with Crippen LogP contribution in [0.2, 0.25) is 0 Å². The lowest BCUT2D eigenvalue weighted by Crippen LogP contribution is -2.36. The molecule has 1 N–H and O–H groups in total. The number of anilines is 1. The van der Waals surface area contributed by atoms with Gasteiger partial charge in [-0.05, 0) is 66.9 Å². The second-order valence-corrected chi connectivity index (χ2v) is 9.85. The number of aryl methyl sites for hydroxylation is 1. The maximum atomic E-state index is 13.1. The molecule has 0 spiro atoms. The standard InChI is InChI=1S/C24H22N2O5S/c1-16-2-7-21(8-3-16)32(28,29)26-11-10-17-4-6-20(12-19(17)14-26)25-24(27)18-5-9-22-23(13-18)31-15-30-22/h2-9,12-13H,10-11,14-15H2,1H3,(H,25,27). The molecular weight excluding hydrogens is 428 g/mol. The summed E-state index contributed by atoms with van der Waals surface area (Å²) in [6.07, 6.45) is 0.622. The average molecular weight is 451 g/mol. The molecule has 0 fully saturated rings. The van der Waals surface area contributed by atoms with E-state index in [-0.39, 0.29) is 19.2 Å². The van der Waals surface area contributed by atoms with E-state index in [0.717, 1.165) is 16.7 Å². The summed E-state index contributed by atoms with van der Waals surface area (Å²) >= 11 is 0. The number of hydrogen-bond donors (Lipinski definition) is 1. The molecule has 0 saturated heterocycles. The fraction of sp³-hybridized carbons (Fsp3) is 0.208. The molecule has 3 aromatic rings. The fourth-order valence-corrected chi connectivity index (χ4v) is 5.33. The van der Waals surface area contributed by atoms with Crippen molar-refractivity contribution in [3.05, 3.63) is 82.9 Å². The van der Waals surface area contributed by atoms with Gasteiger partial charge in [-0.2, -0.15) is 4.31 Å². The van der Waals surface area contributed by atoms with Crippen LogP contribution in [0.5, 0.6) is 11.5 Å². The summed E-state index contributed by atoms with van der Waals surface area (Å²) in [6, 6.07) is 17.5. The normalized spacial score (nSPS) is 15.3. The zero-order valence-corrected chi connectivity index (χ0v) is 18.3. The van der Waals surface area contributed by atoms with E-state index in [1.54, 1.807) is 42.5 Å². The van der Waals surface area contributed by atoms with E-state index >= 15 is 0 Å². The van der Waals surface area contributed by atoms with Gasteiger partial charge in [0, 0.05) is 24.3 Å². The van der Waals surface area contributed by atoms with Crippen molar-refractivity contribution in [1.82, 2.24) is 4.31 Å². The van der Waals surface area contributed by atoms with E-state index in [1.807, 2.05) is 25.1 Å². The minimum Gasteiger partial charge on any atom is -0.454 e. The Morgan fingerprint density at radius 3 is 2.53 bits per heavy atom. The Bertz CT molecular complexity index is 1300. The van der Waals surface area contributed by atoms with Gasteiger partial charge in [-0.15, -0.1) is 0 Å². The molecular formula is C24H22N2O5S. The summed E-state index contributed by atoms with van der Waals surface area (Å²) in [6.45, 7) is 2.76. The first-order valence-electron chi connectivity index (χ1n) is 10.3. The van der Waals surface area contributed by atoms with Crippen molar-refractivity contribution in [2.24, 2.45) is 0 Å². The molecule has 164 valence electrons. The summed E-state index contributed by atoms with van der Waals surface area (Å²) in [5.41, 5.74) is 4.05. The Kier molecular flexibility index (Phi) is 5.11. The van der Waals surface area contributed by atoms with Crippen LogP contribution in [0.15, 0.2) is 65.6 Å². The van der Waals surface area contributed by atoms with Crippen LogP contribution in [0, 0.1) is 6.92 Å². The molecule has 0 unspecified atom stereocenters. The van der Waals surface area contributed by atoms with Crippen LogP contribution in [-0.2, 0) is 23.0 Å². The average Bonchev–Trinajstić information content (AvgIpc) is 3.27. The predicted molar refractivity (Wildman–Crippen MR) is 119 cm³/mol. The van der Waals surface area contributed by atoms with Gasteiger partial charge in [0.15, 0.2) is 11.5 Å². The number of carbonyl (C=O) groups is 1. The Hall–Kier alpha value is -3.36. The Morgan fingerprint density at radius 1 is 0.938 bits per heavy atom. The molecule has 0 bridgehead atoms. The molecule has 0 atom stereocenters. The van der Waals surface area contributed by atoms with Gasteiger partial charge in [-0.3, -0.25) is 4.79 Å². The zero-order chi connectivity index (χ0) is 22.3. The van der Waals surface area contributed by atoms with Crippen molar-refractivity contribution in [2.75, 3.05) is 18.7 Å². The number of sulfonamides is 1. The summed E-state index contributed by atoms with van der Waals surface area (Å²) in [7, 11) is -3.59. The molecule has 3 aromatic carbocycles. The Morgan fingerprint density at radius 2 is 1.72 bits per heavy atom. The van der Waals surface area contributed by atoms with E-state index in [1.165, 1.54) is 4.31 Å². The third kappa shape index (κ3) is 3.83. The van der Waals surface area contributed by atoms with Gasteiger partial charge in [-0.25, -0.2) is 8.42 Å². The highest BCUT2D eigenvalue weighted by Crippen LogP contribution is 2.33. The van der Waals surface area contributed by atoms with Gasteiger partial charge in [0.2, 0.25) is 16.8 Å². The molecule has 0 saturated carbocycles. The van der Waals surface area contributed by atoms with Crippen LogP contribution in [0.4, 0.5) is 5.69 Å². The molecule has 0 aliphatic carbocycles. The zero-order valence-electron chi connectivity index (χ0n) is 17.5. The molecule has 2 aliphatic heterocycles. The smallest absolute Gasteiger partial charge is 0.255 e. The molecule has 5 rings (SSSR count).